The van der Waals surface area contributed by atoms with Gasteiger partial charge in [-0.15, -0.1) is 0 Å². The molecule has 1 amide bonds. The molecule has 1 aromatic rings. The van der Waals surface area contributed by atoms with E-state index in [1.54, 1.807) is 5.32 Å². The molecule has 1 aromatic carbocycles. The molecule has 0 bridgehead atoms. The van der Waals surface area contributed by atoms with Gasteiger partial charge in [0.25, 0.3) is 0 Å². The molecule has 0 saturated heterocycles. The zero-order chi connectivity index (χ0) is 15.6. The average molecular weight is 293 g/mol. The second kappa shape index (κ2) is 5.68. The van der Waals surface area contributed by atoms with Crippen molar-refractivity contribution in [1.29, 1.82) is 0 Å². The number of carbonyl (C=O) groups excluding carboxylic acids is 2. The van der Waals surface area contributed by atoms with Crippen molar-refractivity contribution in [2.45, 2.75) is 13.3 Å². The summed E-state index contributed by atoms with van der Waals surface area (Å²) >= 11 is 0. The van der Waals surface area contributed by atoms with Gasteiger partial charge in [0, 0.05) is 6.92 Å². The highest BCUT2D eigenvalue weighted by Gasteiger charge is 2.30. The predicted octanol–water partition coefficient (Wildman–Crippen LogP) is 1.86. The summed E-state index contributed by atoms with van der Waals surface area (Å²) in [7, 11) is 0. The summed E-state index contributed by atoms with van der Waals surface area (Å²) in [6, 6.07) is 0. The zero-order valence-electron chi connectivity index (χ0n) is 9.89. The number of benzene rings is 1. The molecule has 108 valence electrons. The van der Waals surface area contributed by atoms with Crippen LogP contribution in [0.3, 0.4) is 0 Å². The molecule has 5 nitrogen and oxygen atoms in total. The molecule has 9 heteroatoms. The molecule has 1 rings (SSSR count). The number of carboxylic acids is 1. The van der Waals surface area contributed by atoms with Gasteiger partial charge >= 0.3 is 5.97 Å². The number of carbonyl (C=O) groups is 3. The van der Waals surface area contributed by atoms with Crippen LogP contribution in [0, 0.1) is 23.3 Å². The van der Waals surface area contributed by atoms with Crippen molar-refractivity contribution >= 4 is 23.3 Å². The van der Waals surface area contributed by atoms with Crippen LogP contribution in [0.5, 0.6) is 0 Å². The Bertz CT molecular complexity index is 615. The second-order valence-electron chi connectivity index (χ2n) is 3.68. The fourth-order valence-corrected chi connectivity index (χ4v) is 1.41. The number of hydrogen-bond donors (Lipinski definition) is 2. The van der Waals surface area contributed by atoms with Crippen LogP contribution < -0.4 is 5.32 Å². The Balaban J connectivity index is 3.57. The molecule has 0 radical (unpaired) electrons. The fourth-order valence-electron chi connectivity index (χ4n) is 1.41. The van der Waals surface area contributed by atoms with Crippen LogP contribution in [0.2, 0.25) is 0 Å². The van der Waals surface area contributed by atoms with Crippen LogP contribution >= 0.6 is 0 Å². The topological polar surface area (TPSA) is 83.5 Å². The maximum absolute atomic E-state index is 13.5. The van der Waals surface area contributed by atoms with Gasteiger partial charge < -0.3 is 10.4 Å². The third-order valence-corrected chi connectivity index (χ3v) is 2.16. The van der Waals surface area contributed by atoms with E-state index in [0.717, 1.165) is 6.92 Å². The molecule has 0 spiro atoms. The van der Waals surface area contributed by atoms with Crippen LogP contribution in [-0.4, -0.2) is 22.8 Å². The molecule has 0 atom stereocenters. The molecular formula is C11H7F4NO4. The lowest BCUT2D eigenvalue weighted by atomic mass is 10.0. The van der Waals surface area contributed by atoms with E-state index in [1.165, 1.54) is 0 Å². The van der Waals surface area contributed by atoms with E-state index in [1.807, 2.05) is 0 Å². The van der Waals surface area contributed by atoms with Crippen LogP contribution in [0.15, 0.2) is 0 Å². The van der Waals surface area contributed by atoms with Gasteiger partial charge in [-0.1, -0.05) is 0 Å². The van der Waals surface area contributed by atoms with E-state index in [2.05, 4.69) is 0 Å². The molecule has 0 fully saturated rings. The number of hydrogen-bond acceptors (Lipinski definition) is 3. The van der Waals surface area contributed by atoms with Crippen molar-refractivity contribution in [1.82, 2.24) is 0 Å². The Labute approximate surface area is 109 Å². The van der Waals surface area contributed by atoms with Crippen molar-refractivity contribution in [2.24, 2.45) is 0 Å². The predicted molar refractivity (Wildman–Crippen MR) is 57.2 cm³/mol. The molecule has 0 aliphatic heterocycles. The molecule has 0 aromatic heterocycles. The summed E-state index contributed by atoms with van der Waals surface area (Å²) in [5.74, 6) is -12.8. The molecule has 0 heterocycles. The minimum atomic E-state index is -2.27. The van der Waals surface area contributed by atoms with E-state index in [0.29, 0.717) is 0 Å². The molecular weight excluding hydrogens is 286 g/mol. The second-order valence-corrected chi connectivity index (χ2v) is 3.68. The van der Waals surface area contributed by atoms with Crippen LogP contribution in [0.25, 0.3) is 0 Å². The third-order valence-electron chi connectivity index (χ3n) is 2.16. The monoisotopic (exact) mass is 293 g/mol. The Hall–Kier alpha value is -2.45. The maximum Gasteiger partial charge on any atom is 0.311 e. The number of aliphatic carboxylic acids is 1. The first-order chi connectivity index (χ1) is 9.16. The van der Waals surface area contributed by atoms with Gasteiger partial charge in [0.2, 0.25) is 5.91 Å². The number of halogens is 4. The summed E-state index contributed by atoms with van der Waals surface area (Å²) in [6.07, 6.45) is -1.28. The molecule has 0 aliphatic rings. The number of ketones is 1. The number of carboxylic acid groups (broad SMARTS) is 1. The molecule has 20 heavy (non-hydrogen) atoms. The summed E-state index contributed by atoms with van der Waals surface area (Å²) in [6.45, 7) is 0.851. The van der Waals surface area contributed by atoms with Crippen LogP contribution in [0.4, 0.5) is 23.2 Å². The lowest BCUT2D eigenvalue weighted by Crippen LogP contribution is -2.19. The average Bonchev–Trinajstić information content (AvgIpc) is 2.32. The summed E-state index contributed by atoms with van der Waals surface area (Å²) in [5, 5.41) is 10.0. The van der Waals surface area contributed by atoms with Crippen molar-refractivity contribution in [3.8, 4) is 0 Å². The SMILES string of the molecule is CC(=O)Nc1c(F)c(F)c(F)c(F)c1C(=O)CC(=O)O. The van der Waals surface area contributed by atoms with E-state index in [-0.39, 0.29) is 0 Å². The van der Waals surface area contributed by atoms with Gasteiger partial charge in [-0.25, -0.2) is 17.6 Å². The molecule has 0 aliphatic carbocycles. The summed E-state index contributed by atoms with van der Waals surface area (Å²) in [4.78, 5) is 32.7. The summed E-state index contributed by atoms with van der Waals surface area (Å²) < 4.78 is 53.1. The van der Waals surface area contributed by atoms with Crippen molar-refractivity contribution < 1.29 is 37.1 Å². The highest BCUT2D eigenvalue weighted by Crippen LogP contribution is 2.29. The highest BCUT2D eigenvalue weighted by molar-refractivity contribution is 6.10. The van der Waals surface area contributed by atoms with Crippen LogP contribution in [-0.2, 0) is 9.59 Å². The smallest absolute Gasteiger partial charge is 0.311 e. The van der Waals surface area contributed by atoms with Gasteiger partial charge in [0.05, 0.1) is 11.3 Å². The van der Waals surface area contributed by atoms with Gasteiger partial charge in [-0.2, -0.15) is 0 Å². The normalized spacial score (nSPS) is 10.2. The first kappa shape index (κ1) is 15.6. The summed E-state index contributed by atoms with van der Waals surface area (Å²) in [5.41, 5.74) is -2.60. The van der Waals surface area contributed by atoms with Gasteiger partial charge in [-0.05, 0) is 0 Å². The number of anilines is 1. The Morgan fingerprint density at radius 2 is 1.50 bits per heavy atom. The van der Waals surface area contributed by atoms with Crippen molar-refractivity contribution in [2.75, 3.05) is 5.32 Å². The molecule has 0 unspecified atom stereocenters. The molecule has 0 saturated carbocycles. The third kappa shape index (κ3) is 2.92. The Morgan fingerprint density at radius 1 is 1.00 bits per heavy atom. The standard InChI is InChI=1S/C11H7F4NO4/c1-3(17)16-11-6(4(18)2-5(19)20)7(12)8(13)9(14)10(11)15/h2H2,1H3,(H,16,17)(H,19,20). The zero-order valence-corrected chi connectivity index (χ0v) is 9.89. The largest absolute Gasteiger partial charge is 0.481 e. The lowest BCUT2D eigenvalue weighted by Gasteiger charge is -2.12. The Morgan fingerprint density at radius 3 is 1.95 bits per heavy atom. The van der Waals surface area contributed by atoms with E-state index in [4.69, 9.17) is 5.11 Å². The first-order valence-electron chi connectivity index (χ1n) is 5.05. The quantitative estimate of drug-likeness (QED) is 0.292. The minimum Gasteiger partial charge on any atom is -0.481 e. The van der Waals surface area contributed by atoms with Crippen molar-refractivity contribution in [3.05, 3.63) is 28.8 Å². The van der Waals surface area contributed by atoms with Crippen molar-refractivity contribution in [3.63, 3.8) is 0 Å². The maximum atomic E-state index is 13.5. The van der Waals surface area contributed by atoms with E-state index >= 15 is 0 Å². The van der Waals surface area contributed by atoms with Crippen LogP contribution in [0.1, 0.15) is 23.7 Å². The Kier molecular flexibility index (Phi) is 4.43. The minimum absolute atomic E-state index is 0.851. The number of nitrogens with one attached hydrogen (secondary N) is 1. The highest BCUT2D eigenvalue weighted by atomic mass is 19.2. The molecule has 2 N–H and O–H groups in total. The lowest BCUT2D eigenvalue weighted by molar-refractivity contribution is -0.135. The van der Waals surface area contributed by atoms with Gasteiger partial charge in [0.1, 0.15) is 6.42 Å². The van der Waals surface area contributed by atoms with E-state index < -0.39 is 58.6 Å². The van der Waals surface area contributed by atoms with Gasteiger partial charge in [0.15, 0.2) is 29.1 Å². The first-order valence-corrected chi connectivity index (χ1v) is 5.05. The number of amides is 1. The van der Waals surface area contributed by atoms with Gasteiger partial charge in [-0.3, -0.25) is 14.4 Å². The number of Topliss-reactive ketones (excluding diaryl/α,β-unsaturated/α-hetero) is 1. The number of rotatable bonds is 4. The fraction of sp³-hybridized carbons (Fsp3) is 0.182. The van der Waals surface area contributed by atoms with E-state index in [9.17, 15) is 31.9 Å².